The number of nitrogens with zero attached hydrogens (tertiary/aromatic N) is 3. The van der Waals surface area contributed by atoms with Crippen molar-refractivity contribution in [3.05, 3.63) is 59.9 Å². The third-order valence-electron chi connectivity index (χ3n) is 8.08. The number of aromatic carboxylic acids is 1. The van der Waals surface area contributed by atoms with Crippen LogP contribution in [0.4, 0.5) is 0 Å². The summed E-state index contributed by atoms with van der Waals surface area (Å²) < 4.78 is 0. The Labute approximate surface area is 192 Å². The van der Waals surface area contributed by atoms with Gasteiger partial charge in [0.05, 0.1) is 16.8 Å². The number of carbonyl (C=O) groups is 1. The van der Waals surface area contributed by atoms with Gasteiger partial charge in [-0.2, -0.15) is 0 Å². The first kappa shape index (κ1) is 20.7. The molecule has 0 amide bonds. The zero-order chi connectivity index (χ0) is 22.6. The molecule has 7 nitrogen and oxygen atoms in total. The molecule has 3 fully saturated rings. The Morgan fingerprint density at radius 1 is 1.18 bits per heavy atom. The first-order chi connectivity index (χ1) is 16.1. The number of benzene rings is 1. The van der Waals surface area contributed by atoms with Crippen molar-refractivity contribution in [2.75, 3.05) is 26.2 Å². The van der Waals surface area contributed by atoms with E-state index in [2.05, 4.69) is 39.5 Å². The smallest absolute Gasteiger partial charge is 0.336 e. The minimum Gasteiger partial charge on any atom is -0.478 e. The number of likely N-dealkylation sites (tertiary alicyclic amines) is 1. The van der Waals surface area contributed by atoms with E-state index < -0.39 is 5.97 Å². The maximum Gasteiger partial charge on any atom is 0.336 e. The minimum absolute atomic E-state index is 0.140. The number of fused-ring (bicyclic) bond motifs is 2. The van der Waals surface area contributed by atoms with E-state index in [1.807, 2.05) is 0 Å². The highest BCUT2D eigenvalue weighted by Gasteiger charge is 2.78. The van der Waals surface area contributed by atoms with Gasteiger partial charge in [0, 0.05) is 53.5 Å². The van der Waals surface area contributed by atoms with Crippen molar-refractivity contribution in [3.8, 4) is 11.3 Å². The second-order valence-electron chi connectivity index (χ2n) is 9.70. The molecule has 7 heteroatoms. The summed E-state index contributed by atoms with van der Waals surface area (Å²) in [5, 5.41) is 23.1. The van der Waals surface area contributed by atoms with E-state index in [4.69, 9.17) is 4.98 Å². The number of aliphatic hydroxyl groups excluding tert-OH is 1. The molecular formula is C26H28N4O3. The van der Waals surface area contributed by atoms with Gasteiger partial charge < -0.3 is 20.4 Å². The summed E-state index contributed by atoms with van der Waals surface area (Å²) in [6, 6.07) is 12.7. The van der Waals surface area contributed by atoms with Crippen LogP contribution in [0.5, 0.6) is 0 Å². The van der Waals surface area contributed by atoms with Crippen molar-refractivity contribution < 1.29 is 15.0 Å². The van der Waals surface area contributed by atoms with E-state index in [0.29, 0.717) is 22.6 Å². The molecule has 2 saturated heterocycles. The van der Waals surface area contributed by atoms with E-state index in [1.165, 1.54) is 12.0 Å². The molecule has 6 rings (SSSR count). The predicted molar refractivity (Wildman–Crippen MR) is 125 cm³/mol. The molecule has 3 aliphatic rings. The molecule has 3 aromatic rings. The average molecular weight is 445 g/mol. The molecule has 1 saturated carbocycles. The molecular weight excluding hydrogens is 416 g/mol. The van der Waals surface area contributed by atoms with Gasteiger partial charge in [-0.3, -0.25) is 4.98 Å². The molecule has 0 radical (unpaired) electrons. The van der Waals surface area contributed by atoms with E-state index in [0.717, 1.165) is 44.5 Å². The summed E-state index contributed by atoms with van der Waals surface area (Å²) >= 11 is 0. The molecule has 170 valence electrons. The molecule has 2 aliphatic heterocycles. The highest BCUT2D eigenvalue weighted by atomic mass is 16.4. The van der Waals surface area contributed by atoms with Crippen molar-refractivity contribution in [2.24, 2.45) is 0 Å². The Bertz CT molecular complexity index is 1210. The molecule has 3 N–H and O–H groups in total. The molecule has 33 heavy (non-hydrogen) atoms. The van der Waals surface area contributed by atoms with Crippen LogP contribution in [0.1, 0.15) is 41.6 Å². The monoisotopic (exact) mass is 444 g/mol. The lowest BCUT2D eigenvalue weighted by molar-refractivity contribution is 0.0699. The van der Waals surface area contributed by atoms with Gasteiger partial charge in [-0.05, 0) is 56.5 Å². The Hall–Kier alpha value is -2.87. The number of aromatic nitrogens is 2. The van der Waals surface area contributed by atoms with Gasteiger partial charge in [-0.15, -0.1) is 0 Å². The van der Waals surface area contributed by atoms with Crippen LogP contribution < -0.4 is 5.32 Å². The number of nitrogens with one attached hydrogen (secondary N) is 1. The third kappa shape index (κ3) is 3.26. The Morgan fingerprint density at radius 3 is 2.55 bits per heavy atom. The lowest BCUT2D eigenvalue weighted by Gasteiger charge is -2.44. The quantitative estimate of drug-likeness (QED) is 0.481. The number of hydrogen-bond acceptors (Lipinski definition) is 6. The summed E-state index contributed by atoms with van der Waals surface area (Å²) in [6.07, 6.45) is 7.52. The zero-order valence-corrected chi connectivity index (χ0v) is 18.5. The van der Waals surface area contributed by atoms with Crippen molar-refractivity contribution in [1.82, 2.24) is 20.2 Å². The zero-order valence-electron chi connectivity index (χ0n) is 18.5. The van der Waals surface area contributed by atoms with Crippen LogP contribution in [0.25, 0.3) is 22.2 Å². The van der Waals surface area contributed by atoms with Gasteiger partial charge in [-0.25, -0.2) is 9.78 Å². The highest BCUT2D eigenvalue weighted by molar-refractivity contribution is 6.03. The molecule has 2 atom stereocenters. The van der Waals surface area contributed by atoms with Crippen LogP contribution in [0, 0.1) is 0 Å². The van der Waals surface area contributed by atoms with Gasteiger partial charge in [-0.1, -0.05) is 24.3 Å². The van der Waals surface area contributed by atoms with Gasteiger partial charge >= 0.3 is 5.97 Å². The summed E-state index contributed by atoms with van der Waals surface area (Å²) in [5.74, 6) is -0.973. The van der Waals surface area contributed by atoms with E-state index in [-0.39, 0.29) is 23.1 Å². The maximum absolute atomic E-state index is 11.8. The van der Waals surface area contributed by atoms with Crippen LogP contribution in [-0.2, 0) is 5.41 Å². The van der Waals surface area contributed by atoms with Crippen LogP contribution in [0.3, 0.4) is 0 Å². The number of carboxylic acids is 1. The van der Waals surface area contributed by atoms with E-state index >= 15 is 0 Å². The van der Waals surface area contributed by atoms with E-state index in [1.54, 1.807) is 24.5 Å². The standard InChI is InChI=1S/C26H28N4O3/c31-13-1-10-30-11-7-25(8-12-30,26-15-23(26)29-26)18-4-2-17(3-5-18)22-14-19(24(32)33)20-16-27-9-6-21(20)28-22/h2-6,9,14,16,23,29,31H,1,7-8,10-13,15H2,(H,32,33). The highest BCUT2D eigenvalue weighted by Crippen LogP contribution is 2.66. The molecule has 1 aliphatic carbocycles. The van der Waals surface area contributed by atoms with Gasteiger partial charge in [0.15, 0.2) is 0 Å². The molecule has 4 heterocycles. The van der Waals surface area contributed by atoms with Crippen molar-refractivity contribution >= 4 is 16.9 Å². The number of carboxylic acid groups (broad SMARTS) is 1. The third-order valence-corrected chi connectivity index (χ3v) is 8.08. The number of rotatable bonds is 7. The van der Waals surface area contributed by atoms with Crippen molar-refractivity contribution in [3.63, 3.8) is 0 Å². The summed E-state index contributed by atoms with van der Waals surface area (Å²) in [6.45, 7) is 3.32. The van der Waals surface area contributed by atoms with Crippen LogP contribution in [0.15, 0.2) is 48.8 Å². The lowest BCUT2D eigenvalue weighted by Crippen LogP contribution is -2.50. The van der Waals surface area contributed by atoms with Crippen LogP contribution >= 0.6 is 0 Å². The molecule has 1 aromatic carbocycles. The summed E-state index contributed by atoms with van der Waals surface area (Å²) in [4.78, 5) is 23.1. The summed E-state index contributed by atoms with van der Waals surface area (Å²) in [7, 11) is 0. The van der Waals surface area contributed by atoms with Crippen molar-refractivity contribution in [2.45, 2.75) is 42.7 Å². The number of hydrogen-bond donors (Lipinski definition) is 3. The Morgan fingerprint density at radius 2 is 1.91 bits per heavy atom. The van der Waals surface area contributed by atoms with Gasteiger partial charge in [0.2, 0.25) is 0 Å². The maximum atomic E-state index is 11.8. The first-order valence-electron chi connectivity index (χ1n) is 11.8. The largest absolute Gasteiger partial charge is 0.478 e. The van der Waals surface area contributed by atoms with Crippen LogP contribution in [-0.4, -0.2) is 68.9 Å². The fourth-order valence-corrected chi connectivity index (χ4v) is 5.98. The molecule has 2 aromatic heterocycles. The molecule has 0 spiro atoms. The second-order valence-corrected chi connectivity index (χ2v) is 9.70. The fraction of sp³-hybridized carbons (Fsp3) is 0.423. The number of piperidine rings is 1. The normalized spacial score (nSPS) is 25.5. The summed E-state index contributed by atoms with van der Waals surface area (Å²) in [5.41, 5.74) is 4.21. The van der Waals surface area contributed by atoms with Gasteiger partial charge in [0.1, 0.15) is 0 Å². The number of pyridine rings is 2. The predicted octanol–water partition coefficient (Wildman–Crippen LogP) is 2.83. The first-order valence-corrected chi connectivity index (χ1v) is 11.8. The van der Waals surface area contributed by atoms with Crippen molar-refractivity contribution in [1.29, 1.82) is 0 Å². The molecule has 2 unspecified atom stereocenters. The topological polar surface area (TPSA) is 108 Å². The Kier molecular flexibility index (Phi) is 4.76. The minimum atomic E-state index is -0.973. The lowest BCUT2D eigenvalue weighted by atomic mass is 9.67. The van der Waals surface area contributed by atoms with Crippen LogP contribution in [0.2, 0.25) is 0 Å². The van der Waals surface area contributed by atoms with E-state index in [9.17, 15) is 15.0 Å². The fourth-order valence-electron chi connectivity index (χ4n) is 5.98. The molecule has 0 bridgehead atoms. The SMILES string of the molecule is O=C(O)c1cc(-c2ccc(C3(C45CC4N5)CCN(CCCO)CC3)cc2)nc2ccncc12. The average Bonchev–Trinajstić information content (AvgIpc) is 3.74. The van der Waals surface area contributed by atoms with Gasteiger partial charge in [0.25, 0.3) is 0 Å². The Balaban J connectivity index is 1.32. The number of aliphatic hydroxyl groups is 1. The second kappa shape index (κ2) is 7.58.